The van der Waals surface area contributed by atoms with Crippen molar-refractivity contribution in [3.63, 3.8) is 0 Å². The summed E-state index contributed by atoms with van der Waals surface area (Å²) >= 11 is 7.21. The van der Waals surface area contributed by atoms with E-state index in [1.807, 2.05) is 20.8 Å². The number of Topliss-reactive ketones (excluding diaryl/α,β-unsaturated/α-hetero) is 1. The fourth-order valence-corrected chi connectivity index (χ4v) is 2.77. The standard InChI is InChI=1S/C12H15ClN4OS/c1-12(2,3)10(18)9(17-7-14-6-16-17)4-8-5-15-11(13)19-8/h5-7,9H,4H2,1-3H3. The van der Waals surface area contributed by atoms with Gasteiger partial charge in [0, 0.05) is 22.9 Å². The molecule has 0 radical (unpaired) electrons. The molecule has 0 aliphatic carbocycles. The summed E-state index contributed by atoms with van der Waals surface area (Å²) in [7, 11) is 0. The van der Waals surface area contributed by atoms with Crippen LogP contribution >= 0.6 is 22.9 Å². The Morgan fingerprint density at radius 1 is 1.53 bits per heavy atom. The fraction of sp³-hybridized carbons (Fsp3) is 0.500. The Bertz CT molecular complexity index is 559. The maximum atomic E-state index is 12.5. The normalized spacial score (nSPS) is 13.5. The van der Waals surface area contributed by atoms with E-state index in [1.54, 1.807) is 17.2 Å². The number of ketones is 1. The molecule has 5 nitrogen and oxygen atoms in total. The van der Waals surface area contributed by atoms with Gasteiger partial charge in [-0.2, -0.15) is 5.10 Å². The molecule has 0 aliphatic rings. The van der Waals surface area contributed by atoms with Crippen LogP contribution in [0, 0.1) is 5.41 Å². The third-order valence-corrected chi connectivity index (χ3v) is 3.85. The molecule has 19 heavy (non-hydrogen) atoms. The van der Waals surface area contributed by atoms with Gasteiger partial charge in [-0.05, 0) is 0 Å². The van der Waals surface area contributed by atoms with Crippen molar-refractivity contribution in [1.82, 2.24) is 19.7 Å². The molecule has 7 heteroatoms. The number of hydrogen-bond donors (Lipinski definition) is 0. The highest BCUT2D eigenvalue weighted by atomic mass is 35.5. The monoisotopic (exact) mass is 298 g/mol. The Hall–Kier alpha value is -1.27. The predicted octanol–water partition coefficient (Wildman–Crippen LogP) is 2.79. The zero-order chi connectivity index (χ0) is 14.0. The van der Waals surface area contributed by atoms with Crippen molar-refractivity contribution in [3.8, 4) is 0 Å². The van der Waals surface area contributed by atoms with Gasteiger partial charge in [-0.3, -0.25) is 4.79 Å². The molecule has 102 valence electrons. The number of rotatable bonds is 4. The number of halogens is 1. The molecule has 0 amide bonds. The quantitative estimate of drug-likeness (QED) is 0.871. The summed E-state index contributed by atoms with van der Waals surface area (Å²) < 4.78 is 2.08. The van der Waals surface area contributed by atoms with Crippen LogP contribution in [0.2, 0.25) is 4.47 Å². The summed E-state index contributed by atoms with van der Waals surface area (Å²) in [6.45, 7) is 5.71. The van der Waals surface area contributed by atoms with Crippen molar-refractivity contribution in [3.05, 3.63) is 28.2 Å². The Morgan fingerprint density at radius 2 is 2.26 bits per heavy atom. The second kappa shape index (κ2) is 5.38. The molecular weight excluding hydrogens is 284 g/mol. The molecule has 0 N–H and O–H groups in total. The molecule has 0 aromatic carbocycles. The lowest BCUT2D eigenvalue weighted by molar-refractivity contribution is -0.130. The highest BCUT2D eigenvalue weighted by Gasteiger charge is 2.32. The van der Waals surface area contributed by atoms with Gasteiger partial charge in [0.1, 0.15) is 18.7 Å². The number of thiazole rings is 1. The van der Waals surface area contributed by atoms with E-state index in [-0.39, 0.29) is 11.8 Å². The highest BCUT2D eigenvalue weighted by Crippen LogP contribution is 2.28. The summed E-state index contributed by atoms with van der Waals surface area (Å²) in [6.07, 6.45) is 5.23. The van der Waals surface area contributed by atoms with E-state index in [0.29, 0.717) is 10.9 Å². The van der Waals surface area contributed by atoms with E-state index in [1.165, 1.54) is 17.7 Å². The third kappa shape index (κ3) is 3.39. The molecule has 2 heterocycles. The number of aromatic nitrogens is 4. The smallest absolute Gasteiger partial charge is 0.183 e. The van der Waals surface area contributed by atoms with E-state index in [2.05, 4.69) is 15.1 Å². The predicted molar refractivity (Wildman–Crippen MR) is 74.3 cm³/mol. The van der Waals surface area contributed by atoms with Gasteiger partial charge in [0.25, 0.3) is 0 Å². The molecule has 0 saturated carbocycles. The molecule has 0 spiro atoms. The number of nitrogens with zero attached hydrogens (tertiary/aromatic N) is 4. The first kappa shape index (κ1) is 14.1. The molecule has 0 aliphatic heterocycles. The summed E-state index contributed by atoms with van der Waals surface area (Å²) in [6, 6.07) is -0.376. The first-order valence-corrected chi connectivity index (χ1v) is 7.06. The molecule has 2 aromatic heterocycles. The Labute approximate surface area is 120 Å². The van der Waals surface area contributed by atoms with Crippen LogP contribution in [-0.2, 0) is 11.2 Å². The van der Waals surface area contributed by atoms with Crippen LogP contribution in [0.25, 0.3) is 0 Å². The molecular formula is C12H15ClN4OS. The Morgan fingerprint density at radius 3 is 2.74 bits per heavy atom. The van der Waals surface area contributed by atoms with Crippen LogP contribution in [0.5, 0.6) is 0 Å². The summed E-state index contributed by atoms with van der Waals surface area (Å²) in [4.78, 5) is 21.4. The van der Waals surface area contributed by atoms with E-state index in [0.717, 1.165) is 4.88 Å². The van der Waals surface area contributed by atoms with Gasteiger partial charge in [0.2, 0.25) is 0 Å². The zero-order valence-corrected chi connectivity index (χ0v) is 12.6. The van der Waals surface area contributed by atoms with Gasteiger partial charge in [-0.25, -0.2) is 14.6 Å². The van der Waals surface area contributed by atoms with E-state index in [9.17, 15) is 4.79 Å². The molecule has 1 unspecified atom stereocenters. The maximum Gasteiger partial charge on any atom is 0.183 e. The molecule has 2 rings (SSSR count). The molecule has 2 aromatic rings. The minimum atomic E-state index is -0.439. The van der Waals surface area contributed by atoms with Crippen LogP contribution in [0.3, 0.4) is 0 Å². The van der Waals surface area contributed by atoms with Crippen LogP contribution in [0.4, 0.5) is 0 Å². The summed E-state index contributed by atoms with van der Waals surface area (Å²) in [5, 5.41) is 4.09. The van der Waals surface area contributed by atoms with Gasteiger partial charge in [-0.15, -0.1) is 11.3 Å². The second-order valence-electron chi connectivity index (χ2n) is 5.29. The number of hydrogen-bond acceptors (Lipinski definition) is 5. The van der Waals surface area contributed by atoms with Crippen LogP contribution in [0.1, 0.15) is 31.7 Å². The lowest BCUT2D eigenvalue weighted by Gasteiger charge is -2.24. The first-order valence-electron chi connectivity index (χ1n) is 5.86. The minimum absolute atomic E-state index is 0.113. The number of carbonyl (C=O) groups excluding carboxylic acids is 1. The Balaban J connectivity index is 2.28. The molecule has 0 fully saturated rings. The maximum absolute atomic E-state index is 12.5. The van der Waals surface area contributed by atoms with Gasteiger partial charge in [-0.1, -0.05) is 32.4 Å². The lowest BCUT2D eigenvalue weighted by Crippen LogP contribution is -2.32. The van der Waals surface area contributed by atoms with Crippen LogP contribution < -0.4 is 0 Å². The Kier molecular flexibility index (Phi) is 4.01. The minimum Gasteiger partial charge on any atom is -0.297 e. The fourth-order valence-electron chi connectivity index (χ4n) is 1.75. The summed E-state index contributed by atoms with van der Waals surface area (Å²) in [5.41, 5.74) is -0.439. The zero-order valence-electron chi connectivity index (χ0n) is 11.0. The number of carbonyl (C=O) groups is 1. The van der Waals surface area contributed by atoms with Gasteiger partial charge >= 0.3 is 0 Å². The van der Waals surface area contributed by atoms with Gasteiger partial charge < -0.3 is 0 Å². The van der Waals surface area contributed by atoms with E-state index >= 15 is 0 Å². The van der Waals surface area contributed by atoms with Crippen molar-refractivity contribution in [1.29, 1.82) is 0 Å². The highest BCUT2D eigenvalue weighted by molar-refractivity contribution is 7.15. The summed E-state index contributed by atoms with van der Waals surface area (Å²) in [5.74, 6) is 0.113. The third-order valence-electron chi connectivity index (χ3n) is 2.72. The molecule has 0 saturated heterocycles. The van der Waals surface area contributed by atoms with E-state index in [4.69, 9.17) is 11.6 Å². The molecule has 1 atom stereocenters. The van der Waals surface area contributed by atoms with Gasteiger partial charge in [0.05, 0.1) is 0 Å². The van der Waals surface area contributed by atoms with Crippen molar-refractivity contribution in [2.75, 3.05) is 0 Å². The van der Waals surface area contributed by atoms with Crippen LogP contribution in [0.15, 0.2) is 18.9 Å². The van der Waals surface area contributed by atoms with Gasteiger partial charge in [0.15, 0.2) is 10.3 Å². The van der Waals surface area contributed by atoms with E-state index < -0.39 is 5.41 Å². The molecule has 0 bridgehead atoms. The van der Waals surface area contributed by atoms with Crippen molar-refractivity contribution < 1.29 is 4.79 Å². The topological polar surface area (TPSA) is 60.7 Å². The lowest BCUT2D eigenvalue weighted by atomic mass is 9.85. The average Bonchev–Trinajstić information content (AvgIpc) is 2.95. The van der Waals surface area contributed by atoms with Crippen LogP contribution in [-0.4, -0.2) is 25.5 Å². The SMILES string of the molecule is CC(C)(C)C(=O)C(Cc1cnc(Cl)s1)n1cncn1. The average molecular weight is 299 g/mol. The second-order valence-corrected chi connectivity index (χ2v) is 6.99. The largest absolute Gasteiger partial charge is 0.297 e. The van der Waals surface area contributed by atoms with Crippen molar-refractivity contribution in [2.45, 2.75) is 33.2 Å². The van der Waals surface area contributed by atoms with Crippen molar-refractivity contribution >= 4 is 28.7 Å². The van der Waals surface area contributed by atoms with Crippen molar-refractivity contribution in [2.24, 2.45) is 5.41 Å². The first-order chi connectivity index (χ1) is 8.88.